The van der Waals surface area contributed by atoms with Gasteiger partial charge in [-0.3, -0.25) is 18.8 Å². The quantitative estimate of drug-likeness (QED) is 0.351. The maximum atomic E-state index is 14.2. The number of rotatable bonds is 4. The molecule has 4 aromatic heterocycles. The molecule has 0 saturated heterocycles. The van der Waals surface area contributed by atoms with Gasteiger partial charge in [0.1, 0.15) is 11.2 Å². The van der Waals surface area contributed by atoms with Crippen molar-refractivity contribution in [3.05, 3.63) is 118 Å². The van der Waals surface area contributed by atoms with E-state index in [1.807, 2.05) is 80.8 Å². The molecule has 0 radical (unpaired) electrons. The smallest absolute Gasteiger partial charge is 0.264 e. The normalized spacial score (nSPS) is 11.8. The highest BCUT2D eigenvalue weighted by Gasteiger charge is 2.23. The molecule has 2 aromatic carbocycles. The lowest BCUT2D eigenvalue weighted by molar-refractivity contribution is 0.0939. The monoisotopic (exact) mass is 528 g/mol. The molecule has 0 aliphatic carbocycles. The number of aromatic nitrogens is 7. The van der Waals surface area contributed by atoms with E-state index in [0.717, 1.165) is 5.39 Å². The van der Waals surface area contributed by atoms with Gasteiger partial charge >= 0.3 is 0 Å². The molecule has 0 fully saturated rings. The second-order valence-electron chi connectivity index (χ2n) is 9.39. The van der Waals surface area contributed by atoms with Crippen LogP contribution in [0.5, 0.6) is 0 Å². The van der Waals surface area contributed by atoms with Gasteiger partial charge in [0.05, 0.1) is 28.9 Å². The molecule has 0 saturated carbocycles. The fraction of sp³-hybridized carbons (Fsp3) is 0.133. The number of carbonyl (C=O) groups is 1. The van der Waals surface area contributed by atoms with Gasteiger partial charge in [-0.25, -0.2) is 0 Å². The maximum absolute atomic E-state index is 14.2. The summed E-state index contributed by atoms with van der Waals surface area (Å²) in [6.07, 6.45) is 3.33. The van der Waals surface area contributed by atoms with Crippen LogP contribution in [0.4, 0.5) is 0 Å². The van der Waals surface area contributed by atoms with Crippen LogP contribution in [-0.4, -0.2) is 40.3 Å². The standard InChI is InChI=1S/C30H24N8O2/c1-19(32-29(39)27-20(2)33-38-25(27)14-16-31-35-38)26-18-22-9-7-8-21(12-13-23-15-17-36(3)34-23)28(22)30(40)37(26)24-10-5-4-6-11-24/h4-11,14-19H,1-3H3,(H,32,39)/t19-/m0/s1. The summed E-state index contributed by atoms with van der Waals surface area (Å²) in [6, 6.07) is 19.8. The first kappa shape index (κ1) is 24.8. The first-order valence-corrected chi connectivity index (χ1v) is 12.6. The zero-order valence-electron chi connectivity index (χ0n) is 22.0. The van der Waals surface area contributed by atoms with E-state index in [4.69, 9.17) is 0 Å². The maximum Gasteiger partial charge on any atom is 0.264 e. The van der Waals surface area contributed by atoms with Crippen molar-refractivity contribution in [2.75, 3.05) is 0 Å². The predicted molar refractivity (Wildman–Crippen MR) is 150 cm³/mol. The van der Waals surface area contributed by atoms with E-state index in [9.17, 15) is 9.59 Å². The van der Waals surface area contributed by atoms with Crippen molar-refractivity contribution < 1.29 is 4.79 Å². The second-order valence-corrected chi connectivity index (χ2v) is 9.39. The Balaban J connectivity index is 1.48. The fourth-order valence-electron chi connectivity index (χ4n) is 4.82. The Morgan fingerprint density at radius 2 is 1.82 bits per heavy atom. The third-order valence-corrected chi connectivity index (χ3v) is 6.66. The van der Waals surface area contributed by atoms with Crippen molar-refractivity contribution in [3.63, 3.8) is 0 Å². The number of aryl methyl sites for hydroxylation is 2. The zero-order chi connectivity index (χ0) is 27.8. The molecule has 0 aliphatic heterocycles. The second kappa shape index (κ2) is 9.96. The minimum Gasteiger partial charge on any atom is -0.344 e. The molecule has 196 valence electrons. The Kier molecular flexibility index (Phi) is 6.16. The van der Waals surface area contributed by atoms with Gasteiger partial charge < -0.3 is 5.32 Å². The molecule has 0 unspecified atom stereocenters. The van der Waals surface area contributed by atoms with E-state index < -0.39 is 6.04 Å². The largest absolute Gasteiger partial charge is 0.344 e. The zero-order valence-corrected chi connectivity index (χ0v) is 22.0. The van der Waals surface area contributed by atoms with Gasteiger partial charge in [-0.15, -0.1) is 9.73 Å². The Morgan fingerprint density at radius 3 is 2.60 bits per heavy atom. The van der Waals surface area contributed by atoms with Crippen LogP contribution in [0, 0.1) is 18.8 Å². The number of hydrogen-bond donors (Lipinski definition) is 1. The third-order valence-electron chi connectivity index (χ3n) is 6.66. The number of benzene rings is 2. The van der Waals surface area contributed by atoms with Crippen molar-refractivity contribution in [1.29, 1.82) is 0 Å². The highest BCUT2D eigenvalue weighted by Crippen LogP contribution is 2.24. The molecule has 6 rings (SSSR count). The van der Waals surface area contributed by atoms with Crippen LogP contribution in [0.15, 0.2) is 83.9 Å². The number of nitrogens with one attached hydrogen (secondary N) is 1. The number of hydrogen-bond acceptors (Lipinski definition) is 6. The molecule has 1 N–H and O–H groups in total. The Hall–Kier alpha value is -5.56. The van der Waals surface area contributed by atoms with E-state index in [0.29, 0.717) is 44.8 Å². The van der Waals surface area contributed by atoms with E-state index in [-0.39, 0.29) is 11.5 Å². The van der Waals surface area contributed by atoms with E-state index in [1.54, 1.807) is 22.2 Å². The molecule has 4 heterocycles. The minimum atomic E-state index is -0.530. The summed E-state index contributed by atoms with van der Waals surface area (Å²) in [5, 5.41) is 20.6. The summed E-state index contributed by atoms with van der Waals surface area (Å²) in [5.41, 5.74) is 3.78. The van der Waals surface area contributed by atoms with Crippen LogP contribution in [0.3, 0.4) is 0 Å². The summed E-state index contributed by atoms with van der Waals surface area (Å²) in [5.74, 6) is 5.86. The molecular formula is C30H24N8O2. The molecule has 0 aliphatic rings. The Morgan fingerprint density at radius 1 is 1.00 bits per heavy atom. The number of pyridine rings is 1. The van der Waals surface area contributed by atoms with E-state index in [2.05, 4.69) is 37.7 Å². The van der Waals surface area contributed by atoms with E-state index >= 15 is 0 Å². The van der Waals surface area contributed by atoms with Gasteiger partial charge in [0.2, 0.25) is 0 Å². The molecule has 1 atom stereocenters. The highest BCUT2D eigenvalue weighted by atomic mass is 16.2. The first-order chi connectivity index (χ1) is 19.4. The summed E-state index contributed by atoms with van der Waals surface area (Å²) < 4.78 is 4.64. The van der Waals surface area contributed by atoms with Crippen LogP contribution < -0.4 is 10.9 Å². The molecular weight excluding hydrogens is 504 g/mol. The van der Waals surface area contributed by atoms with Gasteiger partial charge in [-0.1, -0.05) is 36.3 Å². The molecule has 10 nitrogen and oxygen atoms in total. The number of amides is 1. The van der Waals surface area contributed by atoms with Crippen molar-refractivity contribution in [3.8, 4) is 17.5 Å². The van der Waals surface area contributed by atoms with Crippen molar-refractivity contribution in [2.45, 2.75) is 19.9 Å². The van der Waals surface area contributed by atoms with Gasteiger partial charge in [-0.2, -0.15) is 10.2 Å². The van der Waals surface area contributed by atoms with Gasteiger partial charge in [0.15, 0.2) is 0 Å². The van der Waals surface area contributed by atoms with Crippen LogP contribution in [0.2, 0.25) is 0 Å². The summed E-state index contributed by atoms with van der Waals surface area (Å²) in [6.45, 7) is 3.60. The number of para-hydroxylation sites is 1. The van der Waals surface area contributed by atoms with Crippen molar-refractivity contribution in [2.24, 2.45) is 7.05 Å². The average molecular weight is 529 g/mol. The van der Waals surface area contributed by atoms with Crippen LogP contribution in [-0.2, 0) is 7.05 Å². The topological polar surface area (TPSA) is 112 Å². The molecule has 40 heavy (non-hydrogen) atoms. The predicted octanol–water partition coefficient (Wildman–Crippen LogP) is 3.36. The average Bonchev–Trinajstić information content (AvgIpc) is 3.53. The Bertz CT molecular complexity index is 2030. The first-order valence-electron chi connectivity index (χ1n) is 12.6. The molecule has 1 amide bonds. The summed E-state index contributed by atoms with van der Waals surface area (Å²) in [4.78, 5) is 27.6. The SMILES string of the molecule is Cc1nn2nnccc2c1C(=O)N[C@@H](C)c1cc2cccc(C#Cc3ccn(C)n3)c2c(=O)n1-c1ccccc1. The number of carbonyl (C=O) groups excluding carboxylic acids is 1. The van der Waals surface area contributed by atoms with Crippen LogP contribution in [0.25, 0.3) is 22.0 Å². The van der Waals surface area contributed by atoms with Gasteiger partial charge in [-0.05, 0) is 66.8 Å². The van der Waals surface area contributed by atoms with Gasteiger partial charge in [0, 0.05) is 30.2 Å². The number of fused-ring (bicyclic) bond motifs is 2. The number of nitrogens with zero attached hydrogens (tertiary/aromatic N) is 7. The van der Waals surface area contributed by atoms with Crippen molar-refractivity contribution in [1.82, 2.24) is 39.7 Å². The summed E-state index contributed by atoms with van der Waals surface area (Å²) in [7, 11) is 1.83. The molecule has 10 heteroatoms. The third kappa shape index (κ3) is 4.39. The lowest BCUT2D eigenvalue weighted by atomic mass is 10.0. The molecule has 0 bridgehead atoms. The van der Waals surface area contributed by atoms with E-state index in [1.165, 1.54) is 10.8 Å². The van der Waals surface area contributed by atoms with Gasteiger partial charge in [0.25, 0.3) is 11.5 Å². The van der Waals surface area contributed by atoms with Crippen LogP contribution in [0.1, 0.15) is 46.0 Å². The lowest BCUT2D eigenvalue weighted by Crippen LogP contribution is -2.32. The van der Waals surface area contributed by atoms with Crippen LogP contribution >= 0.6 is 0 Å². The molecule has 0 spiro atoms. The lowest BCUT2D eigenvalue weighted by Gasteiger charge is -2.21. The fourth-order valence-corrected chi connectivity index (χ4v) is 4.82. The highest BCUT2D eigenvalue weighted by molar-refractivity contribution is 6.02. The van der Waals surface area contributed by atoms with Crippen molar-refractivity contribution >= 4 is 22.2 Å². The Labute approximate surface area is 228 Å². The minimum absolute atomic E-state index is 0.229. The summed E-state index contributed by atoms with van der Waals surface area (Å²) >= 11 is 0. The molecule has 6 aromatic rings.